The number of hydrogen-bond acceptors (Lipinski definition) is 2. The number of benzene rings is 1. The van der Waals surface area contributed by atoms with Crippen LogP contribution >= 0.6 is 11.6 Å². The molecule has 0 atom stereocenters. The Morgan fingerprint density at radius 3 is 2.57 bits per heavy atom. The highest BCUT2D eigenvalue weighted by atomic mass is 35.5. The van der Waals surface area contributed by atoms with Crippen LogP contribution in [0, 0.1) is 0 Å². The molecule has 1 amide bonds. The molecule has 1 aliphatic carbocycles. The maximum atomic E-state index is 11.8. The van der Waals surface area contributed by atoms with Gasteiger partial charge in [0.2, 0.25) is 5.91 Å². The summed E-state index contributed by atoms with van der Waals surface area (Å²) in [7, 11) is 0. The van der Waals surface area contributed by atoms with Crippen LogP contribution in [0.4, 0.5) is 0 Å². The van der Waals surface area contributed by atoms with E-state index in [0.29, 0.717) is 11.6 Å². The molecule has 0 aromatic heterocycles. The average Bonchev–Trinajstić information content (AvgIpc) is 2.70. The van der Waals surface area contributed by atoms with Gasteiger partial charge in [0.25, 0.3) is 0 Å². The largest absolute Gasteiger partial charge is 0.388 e. The maximum Gasteiger partial charge on any atom is 0.244 e. The second kappa shape index (κ2) is 7.62. The third-order valence-electron chi connectivity index (χ3n) is 3.95. The first-order chi connectivity index (χ1) is 10.1. The van der Waals surface area contributed by atoms with Crippen molar-refractivity contribution in [2.24, 2.45) is 0 Å². The van der Waals surface area contributed by atoms with Gasteiger partial charge in [0.05, 0.1) is 5.60 Å². The summed E-state index contributed by atoms with van der Waals surface area (Å²) in [6.45, 7) is 0.318. The molecule has 114 valence electrons. The molecule has 1 aromatic rings. The molecular formula is C17H22ClNO2. The number of hydrogen-bond donors (Lipinski definition) is 2. The Morgan fingerprint density at radius 2 is 1.90 bits per heavy atom. The molecule has 3 nitrogen and oxygen atoms in total. The standard InChI is InChI=1S/C17H22ClNO2/c18-15-8-4-3-7-14(15)9-10-16(20)19-13-17(21)11-5-1-2-6-12-17/h3-4,7-10,21H,1-2,5-6,11-13H2,(H,19,20). The molecule has 0 spiro atoms. The Labute approximate surface area is 131 Å². The van der Waals surface area contributed by atoms with Crippen molar-refractivity contribution in [1.29, 1.82) is 0 Å². The molecule has 0 unspecified atom stereocenters. The van der Waals surface area contributed by atoms with E-state index >= 15 is 0 Å². The van der Waals surface area contributed by atoms with E-state index < -0.39 is 5.60 Å². The highest BCUT2D eigenvalue weighted by Crippen LogP contribution is 2.26. The summed E-state index contributed by atoms with van der Waals surface area (Å²) < 4.78 is 0. The van der Waals surface area contributed by atoms with Gasteiger partial charge >= 0.3 is 0 Å². The SMILES string of the molecule is O=C(C=Cc1ccccc1Cl)NCC1(O)CCCCCC1. The Balaban J connectivity index is 1.86. The molecule has 1 fully saturated rings. The zero-order valence-electron chi connectivity index (χ0n) is 12.1. The third kappa shape index (κ3) is 5.18. The topological polar surface area (TPSA) is 49.3 Å². The summed E-state index contributed by atoms with van der Waals surface area (Å²) >= 11 is 6.02. The molecule has 1 aromatic carbocycles. The molecule has 21 heavy (non-hydrogen) atoms. The summed E-state index contributed by atoms with van der Waals surface area (Å²) in [5.41, 5.74) is 0.0622. The Bertz CT molecular complexity index is 505. The van der Waals surface area contributed by atoms with Crippen LogP contribution in [0.3, 0.4) is 0 Å². The molecule has 4 heteroatoms. The lowest BCUT2D eigenvalue weighted by atomic mass is 9.94. The van der Waals surface area contributed by atoms with E-state index in [4.69, 9.17) is 11.6 Å². The zero-order chi connectivity index (χ0) is 15.1. The van der Waals surface area contributed by atoms with E-state index in [2.05, 4.69) is 5.32 Å². The van der Waals surface area contributed by atoms with Gasteiger partial charge in [0.1, 0.15) is 0 Å². The summed E-state index contributed by atoms with van der Waals surface area (Å²) in [6.07, 6.45) is 9.08. The van der Waals surface area contributed by atoms with Crippen LogP contribution in [0.5, 0.6) is 0 Å². The molecule has 0 aliphatic heterocycles. The van der Waals surface area contributed by atoms with Gasteiger partial charge in [-0.25, -0.2) is 0 Å². The molecule has 0 saturated heterocycles. The lowest BCUT2D eigenvalue weighted by molar-refractivity contribution is -0.117. The van der Waals surface area contributed by atoms with Gasteiger partial charge in [-0.15, -0.1) is 0 Å². The fourth-order valence-electron chi connectivity index (χ4n) is 2.65. The fraction of sp³-hybridized carbons (Fsp3) is 0.471. The van der Waals surface area contributed by atoms with Gasteiger partial charge in [-0.3, -0.25) is 4.79 Å². The number of halogens is 1. The molecule has 0 radical (unpaired) electrons. The normalized spacial score (nSPS) is 18.4. The van der Waals surface area contributed by atoms with Crippen molar-refractivity contribution in [3.8, 4) is 0 Å². The molecule has 0 heterocycles. The van der Waals surface area contributed by atoms with Crippen molar-refractivity contribution in [3.05, 3.63) is 40.9 Å². The van der Waals surface area contributed by atoms with E-state index in [1.165, 1.54) is 18.9 Å². The number of nitrogens with one attached hydrogen (secondary N) is 1. The predicted molar refractivity (Wildman–Crippen MR) is 86.1 cm³/mol. The van der Waals surface area contributed by atoms with Gasteiger partial charge in [0.15, 0.2) is 0 Å². The fourth-order valence-corrected chi connectivity index (χ4v) is 2.85. The minimum absolute atomic E-state index is 0.201. The first-order valence-electron chi connectivity index (χ1n) is 7.52. The molecule has 1 aliphatic rings. The number of aliphatic hydroxyl groups is 1. The minimum Gasteiger partial charge on any atom is -0.388 e. The van der Waals surface area contributed by atoms with Crippen LogP contribution < -0.4 is 5.32 Å². The highest BCUT2D eigenvalue weighted by Gasteiger charge is 2.27. The first-order valence-corrected chi connectivity index (χ1v) is 7.90. The van der Waals surface area contributed by atoms with Crippen molar-refractivity contribution in [2.75, 3.05) is 6.54 Å². The second-order valence-electron chi connectivity index (χ2n) is 5.71. The van der Waals surface area contributed by atoms with Crippen molar-refractivity contribution < 1.29 is 9.90 Å². The summed E-state index contributed by atoms with van der Waals surface area (Å²) in [5.74, 6) is -0.201. The molecule has 1 saturated carbocycles. The van der Waals surface area contributed by atoms with E-state index in [9.17, 15) is 9.90 Å². The van der Waals surface area contributed by atoms with Gasteiger partial charge in [0, 0.05) is 17.6 Å². The molecule has 2 rings (SSSR count). The maximum absolute atomic E-state index is 11.8. The smallest absolute Gasteiger partial charge is 0.244 e. The number of amides is 1. The van der Waals surface area contributed by atoms with Crippen molar-refractivity contribution in [2.45, 2.75) is 44.1 Å². The van der Waals surface area contributed by atoms with Crippen molar-refractivity contribution in [1.82, 2.24) is 5.32 Å². The van der Waals surface area contributed by atoms with Crippen LogP contribution in [0.1, 0.15) is 44.1 Å². The highest BCUT2D eigenvalue weighted by molar-refractivity contribution is 6.32. The van der Waals surface area contributed by atoms with Crippen LogP contribution in [0.2, 0.25) is 5.02 Å². The predicted octanol–water partition coefficient (Wildman–Crippen LogP) is 3.55. The first kappa shape index (κ1) is 16.1. The summed E-state index contributed by atoms with van der Waals surface area (Å²) in [5, 5.41) is 13.9. The number of carbonyl (C=O) groups is 1. The van der Waals surface area contributed by atoms with E-state index in [-0.39, 0.29) is 5.91 Å². The van der Waals surface area contributed by atoms with Crippen molar-refractivity contribution in [3.63, 3.8) is 0 Å². The number of carbonyl (C=O) groups excluding carboxylic acids is 1. The average molecular weight is 308 g/mol. The quantitative estimate of drug-likeness (QED) is 0.660. The Hall–Kier alpha value is -1.32. The monoisotopic (exact) mass is 307 g/mol. The molecule has 0 bridgehead atoms. The van der Waals surface area contributed by atoms with Crippen LogP contribution in [-0.2, 0) is 4.79 Å². The van der Waals surface area contributed by atoms with Gasteiger partial charge in [-0.2, -0.15) is 0 Å². The summed E-state index contributed by atoms with van der Waals surface area (Å²) in [4.78, 5) is 11.8. The zero-order valence-corrected chi connectivity index (χ0v) is 12.9. The molecular weight excluding hydrogens is 286 g/mol. The van der Waals surface area contributed by atoms with Gasteiger partial charge < -0.3 is 10.4 Å². The van der Waals surface area contributed by atoms with Crippen LogP contribution in [0.15, 0.2) is 30.3 Å². The van der Waals surface area contributed by atoms with Crippen LogP contribution in [-0.4, -0.2) is 23.2 Å². The van der Waals surface area contributed by atoms with E-state index in [1.807, 2.05) is 18.2 Å². The third-order valence-corrected chi connectivity index (χ3v) is 4.29. The summed E-state index contributed by atoms with van der Waals surface area (Å²) in [6, 6.07) is 7.36. The number of rotatable bonds is 4. The second-order valence-corrected chi connectivity index (χ2v) is 6.12. The van der Waals surface area contributed by atoms with E-state index in [1.54, 1.807) is 12.1 Å². The Morgan fingerprint density at radius 1 is 1.24 bits per heavy atom. The van der Waals surface area contributed by atoms with Crippen molar-refractivity contribution >= 4 is 23.6 Å². The Kier molecular flexibility index (Phi) is 5.83. The molecule has 2 N–H and O–H groups in total. The lowest BCUT2D eigenvalue weighted by Crippen LogP contribution is -2.42. The van der Waals surface area contributed by atoms with Gasteiger partial charge in [-0.1, -0.05) is 55.5 Å². The lowest BCUT2D eigenvalue weighted by Gasteiger charge is -2.26. The van der Waals surface area contributed by atoms with Crippen LogP contribution in [0.25, 0.3) is 6.08 Å². The van der Waals surface area contributed by atoms with Gasteiger partial charge in [-0.05, 0) is 30.5 Å². The minimum atomic E-state index is -0.746. The van der Waals surface area contributed by atoms with E-state index in [0.717, 1.165) is 31.2 Å².